The standard InChI is InChI=1S/C23H32N2O2/c1-17-16-21(19-14-11-15-20(23(26)27)22(19)24-17)25-18-12-9-7-5-3-2-4-6-8-10-13-18/h11,14-16,18H,2-10,12-13H2,1H3,(H,24,25)(H,26,27). The molecule has 1 aliphatic carbocycles. The quantitative estimate of drug-likeness (QED) is 0.665. The average Bonchev–Trinajstić information content (AvgIpc) is 2.63. The first-order valence-corrected chi connectivity index (χ1v) is 10.6. The van der Waals surface area contributed by atoms with Crippen molar-refractivity contribution in [2.75, 3.05) is 5.32 Å². The lowest BCUT2D eigenvalue weighted by Crippen LogP contribution is -2.20. The van der Waals surface area contributed by atoms with Crippen LogP contribution in [0.5, 0.6) is 0 Å². The molecule has 1 saturated carbocycles. The molecule has 0 bridgehead atoms. The van der Waals surface area contributed by atoms with Gasteiger partial charge in [-0.25, -0.2) is 4.79 Å². The van der Waals surface area contributed by atoms with Crippen LogP contribution in [-0.4, -0.2) is 22.1 Å². The highest BCUT2D eigenvalue weighted by atomic mass is 16.4. The molecule has 27 heavy (non-hydrogen) atoms. The Balaban J connectivity index is 1.82. The maximum Gasteiger partial charge on any atom is 0.337 e. The molecule has 0 radical (unpaired) electrons. The zero-order valence-corrected chi connectivity index (χ0v) is 16.5. The maximum absolute atomic E-state index is 11.6. The lowest BCUT2D eigenvalue weighted by Gasteiger charge is -2.22. The van der Waals surface area contributed by atoms with E-state index in [1.54, 1.807) is 6.07 Å². The van der Waals surface area contributed by atoms with Crippen molar-refractivity contribution >= 4 is 22.6 Å². The number of aryl methyl sites for hydroxylation is 1. The van der Waals surface area contributed by atoms with E-state index in [1.807, 2.05) is 19.1 Å². The number of hydrogen-bond donors (Lipinski definition) is 2. The van der Waals surface area contributed by atoms with Gasteiger partial charge in [-0.05, 0) is 31.9 Å². The predicted octanol–water partition coefficient (Wildman–Crippen LogP) is 6.33. The number of carboxylic acid groups (broad SMARTS) is 1. The minimum absolute atomic E-state index is 0.276. The van der Waals surface area contributed by atoms with Gasteiger partial charge in [-0.1, -0.05) is 69.9 Å². The number of para-hydroxylation sites is 1. The van der Waals surface area contributed by atoms with Gasteiger partial charge >= 0.3 is 5.97 Å². The molecule has 1 aromatic carbocycles. The number of pyridine rings is 1. The highest BCUT2D eigenvalue weighted by Crippen LogP contribution is 2.28. The van der Waals surface area contributed by atoms with E-state index in [4.69, 9.17) is 0 Å². The molecule has 2 N–H and O–H groups in total. The summed E-state index contributed by atoms with van der Waals surface area (Å²) in [6, 6.07) is 7.94. The van der Waals surface area contributed by atoms with Crippen molar-refractivity contribution in [1.82, 2.24) is 4.98 Å². The van der Waals surface area contributed by atoms with Gasteiger partial charge in [-0.15, -0.1) is 0 Å². The largest absolute Gasteiger partial charge is 0.478 e. The summed E-state index contributed by atoms with van der Waals surface area (Å²) in [5.41, 5.74) is 2.74. The lowest BCUT2D eigenvalue weighted by atomic mass is 9.97. The number of hydrogen-bond acceptors (Lipinski definition) is 3. The summed E-state index contributed by atoms with van der Waals surface area (Å²) in [6.45, 7) is 1.93. The molecule has 0 saturated heterocycles. The molecule has 1 aromatic heterocycles. The van der Waals surface area contributed by atoms with E-state index < -0.39 is 5.97 Å². The fourth-order valence-corrected chi connectivity index (χ4v) is 4.20. The molecule has 1 fully saturated rings. The predicted molar refractivity (Wildman–Crippen MR) is 112 cm³/mol. The van der Waals surface area contributed by atoms with E-state index in [0.29, 0.717) is 11.6 Å². The normalized spacial score (nSPS) is 17.8. The minimum Gasteiger partial charge on any atom is -0.478 e. The van der Waals surface area contributed by atoms with E-state index in [9.17, 15) is 9.90 Å². The number of nitrogens with one attached hydrogen (secondary N) is 1. The molecule has 146 valence electrons. The van der Waals surface area contributed by atoms with E-state index in [-0.39, 0.29) is 5.56 Å². The van der Waals surface area contributed by atoms with Gasteiger partial charge in [-0.3, -0.25) is 4.98 Å². The highest BCUT2D eigenvalue weighted by Gasteiger charge is 2.15. The molecule has 4 heteroatoms. The molecule has 1 heterocycles. The molecular weight excluding hydrogens is 336 g/mol. The van der Waals surface area contributed by atoms with Gasteiger partial charge in [0.05, 0.1) is 11.1 Å². The molecule has 0 atom stereocenters. The third kappa shape index (κ3) is 5.44. The SMILES string of the molecule is Cc1cc(NC2CCCCCCCCCCC2)c2cccc(C(=O)O)c2n1. The molecule has 0 unspecified atom stereocenters. The second-order valence-electron chi connectivity index (χ2n) is 7.92. The second kappa shape index (κ2) is 9.72. The van der Waals surface area contributed by atoms with Gasteiger partial charge in [0.2, 0.25) is 0 Å². The molecule has 1 aliphatic rings. The zero-order chi connectivity index (χ0) is 19.1. The molecule has 0 spiro atoms. The Hall–Kier alpha value is -2.10. The molecule has 3 rings (SSSR count). The summed E-state index contributed by atoms with van der Waals surface area (Å²) in [5, 5.41) is 14.2. The first-order valence-electron chi connectivity index (χ1n) is 10.6. The van der Waals surface area contributed by atoms with Crippen molar-refractivity contribution in [2.24, 2.45) is 0 Å². The number of carbonyl (C=O) groups is 1. The van der Waals surface area contributed by atoms with Crippen molar-refractivity contribution < 1.29 is 9.90 Å². The summed E-state index contributed by atoms with van der Waals surface area (Å²) >= 11 is 0. The Labute approximate surface area is 162 Å². The number of rotatable bonds is 3. The Morgan fingerprint density at radius 2 is 1.59 bits per heavy atom. The molecule has 4 nitrogen and oxygen atoms in total. The summed E-state index contributed by atoms with van der Waals surface area (Å²) in [6.07, 6.45) is 14.4. The number of fused-ring (bicyclic) bond motifs is 1. The van der Waals surface area contributed by atoms with Gasteiger partial charge in [0.25, 0.3) is 0 Å². The van der Waals surface area contributed by atoms with Gasteiger partial charge in [0.15, 0.2) is 0 Å². The van der Waals surface area contributed by atoms with Crippen LogP contribution in [0, 0.1) is 6.92 Å². The van der Waals surface area contributed by atoms with Crippen LogP contribution in [0.15, 0.2) is 24.3 Å². The van der Waals surface area contributed by atoms with Crippen molar-refractivity contribution in [3.05, 3.63) is 35.5 Å². The average molecular weight is 369 g/mol. The fraction of sp³-hybridized carbons (Fsp3) is 0.565. The molecule has 0 aliphatic heterocycles. The van der Waals surface area contributed by atoms with Crippen LogP contribution in [-0.2, 0) is 0 Å². The Morgan fingerprint density at radius 1 is 1.00 bits per heavy atom. The van der Waals surface area contributed by atoms with E-state index in [1.165, 1.54) is 70.6 Å². The number of aromatic nitrogens is 1. The van der Waals surface area contributed by atoms with Crippen molar-refractivity contribution in [2.45, 2.75) is 83.6 Å². The van der Waals surface area contributed by atoms with Crippen molar-refractivity contribution in [3.63, 3.8) is 0 Å². The molecule has 2 aromatic rings. The van der Waals surface area contributed by atoms with Crippen LogP contribution in [0.4, 0.5) is 5.69 Å². The van der Waals surface area contributed by atoms with Crippen LogP contribution in [0.2, 0.25) is 0 Å². The number of carboxylic acids is 1. The van der Waals surface area contributed by atoms with E-state index in [0.717, 1.165) is 16.8 Å². The Kier molecular flexibility index (Phi) is 7.08. The third-order valence-electron chi connectivity index (χ3n) is 5.66. The number of benzene rings is 1. The first-order chi connectivity index (χ1) is 13.1. The first kappa shape index (κ1) is 19.7. The maximum atomic E-state index is 11.6. The zero-order valence-electron chi connectivity index (χ0n) is 16.5. The fourth-order valence-electron chi connectivity index (χ4n) is 4.20. The van der Waals surface area contributed by atoms with Gasteiger partial charge in [0.1, 0.15) is 0 Å². The second-order valence-corrected chi connectivity index (χ2v) is 7.92. The van der Waals surface area contributed by atoms with Crippen molar-refractivity contribution in [1.29, 1.82) is 0 Å². The monoisotopic (exact) mass is 368 g/mol. The molecular formula is C23H32N2O2. The summed E-state index contributed by atoms with van der Waals surface area (Å²) < 4.78 is 0. The van der Waals surface area contributed by atoms with Gasteiger partial charge in [-0.2, -0.15) is 0 Å². The van der Waals surface area contributed by atoms with Crippen LogP contribution in [0.25, 0.3) is 10.9 Å². The molecule has 0 amide bonds. The van der Waals surface area contributed by atoms with E-state index in [2.05, 4.69) is 16.4 Å². The number of anilines is 1. The summed E-state index contributed by atoms with van der Waals surface area (Å²) in [5.74, 6) is -0.921. The minimum atomic E-state index is -0.921. The highest BCUT2D eigenvalue weighted by molar-refractivity contribution is 6.05. The van der Waals surface area contributed by atoms with Crippen molar-refractivity contribution in [3.8, 4) is 0 Å². The Morgan fingerprint density at radius 3 is 2.19 bits per heavy atom. The third-order valence-corrected chi connectivity index (χ3v) is 5.66. The summed E-state index contributed by atoms with van der Waals surface area (Å²) in [4.78, 5) is 16.1. The summed E-state index contributed by atoms with van der Waals surface area (Å²) in [7, 11) is 0. The number of nitrogens with zero attached hydrogens (tertiary/aromatic N) is 1. The Bertz CT molecular complexity index is 760. The van der Waals surface area contributed by atoms with Crippen LogP contribution < -0.4 is 5.32 Å². The van der Waals surface area contributed by atoms with Gasteiger partial charge in [0, 0.05) is 22.8 Å². The lowest BCUT2D eigenvalue weighted by molar-refractivity contribution is 0.0699. The van der Waals surface area contributed by atoms with Gasteiger partial charge < -0.3 is 10.4 Å². The topological polar surface area (TPSA) is 62.2 Å². The van der Waals surface area contributed by atoms with Crippen LogP contribution >= 0.6 is 0 Å². The van der Waals surface area contributed by atoms with Crippen LogP contribution in [0.1, 0.15) is 86.7 Å². The van der Waals surface area contributed by atoms with E-state index >= 15 is 0 Å². The number of aromatic carboxylic acids is 1. The van der Waals surface area contributed by atoms with Crippen LogP contribution in [0.3, 0.4) is 0 Å². The smallest absolute Gasteiger partial charge is 0.337 e.